The van der Waals surface area contributed by atoms with E-state index in [1.165, 1.54) is 13.3 Å². The Morgan fingerprint density at radius 1 is 1.35 bits per heavy atom. The number of hydrogen-bond acceptors (Lipinski definition) is 5. The molecular formula is C15H23N5O3. The van der Waals surface area contributed by atoms with Crippen molar-refractivity contribution >= 4 is 17.8 Å². The van der Waals surface area contributed by atoms with Crippen LogP contribution in [0.15, 0.2) is 12.3 Å². The van der Waals surface area contributed by atoms with Crippen molar-refractivity contribution < 1.29 is 14.3 Å². The fraction of sp³-hybridized carbons (Fsp3) is 0.600. The van der Waals surface area contributed by atoms with Crippen LogP contribution in [0.3, 0.4) is 0 Å². The van der Waals surface area contributed by atoms with Crippen molar-refractivity contribution in [1.29, 1.82) is 0 Å². The summed E-state index contributed by atoms with van der Waals surface area (Å²) in [6.07, 6.45) is 5.10. The average molecular weight is 321 g/mol. The number of amides is 3. The maximum Gasteiger partial charge on any atom is 0.320 e. The van der Waals surface area contributed by atoms with Crippen LogP contribution in [0.2, 0.25) is 0 Å². The zero-order valence-electron chi connectivity index (χ0n) is 13.8. The summed E-state index contributed by atoms with van der Waals surface area (Å²) in [6, 6.07) is 1.35. The summed E-state index contributed by atoms with van der Waals surface area (Å²) in [5.74, 6) is 0.410. The Balaban J connectivity index is 1.95. The van der Waals surface area contributed by atoms with Crippen LogP contribution in [0, 0.1) is 5.41 Å². The predicted molar refractivity (Wildman–Crippen MR) is 85.2 cm³/mol. The van der Waals surface area contributed by atoms with Gasteiger partial charge in [0.1, 0.15) is 5.82 Å². The molecule has 2 N–H and O–H groups in total. The van der Waals surface area contributed by atoms with Crippen molar-refractivity contribution in [1.82, 2.24) is 20.2 Å². The Hall–Kier alpha value is -2.38. The lowest BCUT2D eigenvalue weighted by molar-refractivity contribution is -0.138. The quantitative estimate of drug-likeness (QED) is 0.851. The summed E-state index contributed by atoms with van der Waals surface area (Å²) < 4.78 is 4.91. The van der Waals surface area contributed by atoms with Gasteiger partial charge in [0.2, 0.25) is 5.91 Å². The van der Waals surface area contributed by atoms with Gasteiger partial charge in [-0.2, -0.15) is 4.98 Å². The molecule has 1 aromatic heterocycles. The second-order valence-electron chi connectivity index (χ2n) is 5.92. The van der Waals surface area contributed by atoms with Gasteiger partial charge in [0, 0.05) is 26.8 Å². The van der Waals surface area contributed by atoms with Crippen molar-refractivity contribution in [2.24, 2.45) is 5.41 Å². The first-order chi connectivity index (χ1) is 11.0. The second-order valence-corrected chi connectivity index (χ2v) is 5.92. The largest absolute Gasteiger partial charge is 0.467 e. The molecule has 23 heavy (non-hydrogen) atoms. The molecule has 126 valence electrons. The third-order valence-electron chi connectivity index (χ3n) is 4.07. The van der Waals surface area contributed by atoms with E-state index in [-0.39, 0.29) is 11.9 Å². The molecule has 1 aromatic rings. The van der Waals surface area contributed by atoms with Gasteiger partial charge in [-0.3, -0.25) is 10.1 Å². The number of methoxy groups -OCH3 is 1. The zero-order valence-corrected chi connectivity index (χ0v) is 13.8. The zero-order chi connectivity index (χ0) is 16.9. The molecule has 0 aliphatic heterocycles. The first-order valence-corrected chi connectivity index (χ1v) is 7.60. The molecule has 0 bridgehead atoms. The SMILES string of the molecule is COc1nccc(NC(=O)NCC2(C(=O)N(C)C)CCCC2)n1. The molecule has 1 aliphatic rings. The third-order valence-corrected chi connectivity index (χ3v) is 4.07. The second kappa shape index (κ2) is 7.26. The molecule has 0 unspecified atom stereocenters. The van der Waals surface area contributed by atoms with E-state index in [1.54, 1.807) is 25.1 Å². The Bertz CT molecular complexity index is 570. The number of nitrogens with one attached hydrogen (secondary N) is 2. The van der Waals surface area contributed by atoms with E-state index >= 15 is 0 Å². The summed E-state index contributed by atoms with van der Waals surface area (Å²) in [7, 11) is 4.95. The number of aromatic nitrogens is 2. The van der Waals surface area contributed by atoms with Crippen LogP contribution in [-0.4, -0.2) is 54.6 Å². The number of urea groups is 1. The molecule has 2 rings (SSSR count). The van der Waals surface area contributed by atoms with Crippen LogP contribution in [0.1, 0.15) is 25.7 Å². The molecule has 0 radical (unpaired) electrons. The van der Waals surface area contributed by atoms with E-state index in [9.17, 15) is 9.59 Å². The van der Waals surface area contributed by atoms with Gasteiger partial charge in [-0.05, 0) is 18.9 Å². The fourth-order valence-electron chi connectivity index (χ4n) is 2.91. The lowest BCUT2D eigenvalue weighted by atomic mass is 9.84. The van der Waals surface area contributed by atoms with Crippen LogP contribution in [0.5, 0.6) is 6.01 Å². The normalized spacial score (nSPS) is 15.8. The number of carbonyl (C=O) groups excluding carboxylic acids is 2. The lowest BCUT2D eigenvalue weighted by Crippen LogP contribution is -2.47. The van der Waals surface area contributed by atoms with Crippen LogP contribution >= 0.6 is 0 Å². The molecule has 0 atom stereocenters. The molecule has 0 spiro atoms. The van der Waals surface area contributed by atoms with Crippen molar-refractivity contribution in [3.8, 4) is 6.01 Å². The molecule has 1 aliphatic carbocycles. The highest BCUT2D eigenvalue weighted by Gasteiger charge is 2.42. The molecule has 0 saturated heterocycles. The van der Waals surface area contributed by atoms with Gasteiger partial charge in [-0.15, -0.1) is 0 Å². The molecule has 3 amide bonds. The van der Waals surface area contributed by atoms with Gasteiger partial charge in [0.25, 0.3) is 0 Å². The van der Waals surface area contributed by atoms with E-state index in [0.29, 0.717) is 12.4 Å². The number of carbonyl (C=O) groups is 2. The molecule has 1 saturated carbocycles. The van der Waals surface area contributed by atoms with Crippen LogP contribution in [0.4, 0.5) is 10.6 Å². The Kier molecular flexibility index (Phi) is 5.36. The van der Waals surface area contributed by atoms with Gasteiger partial charge in [0.05, 0.1) is 12.5 Å². The minimum absolute atomic E-state index is 0.0685. The number of ether oxygens (including phenoxy) is 1. The molecule has 8 nitrogen and oxygen atoms in total. The average Bonchev–Trinajstić information content (AvgIpc) is 3.02. The van der Waals surface area contributed by atoms with Gasteiger partial charge in [-0.25, -0.2) is 9.78 Å². The summed E-state index contributed by atoms with van der Waals surface area (Å²) in [5, 5.41) is 5.41. The molecule has 1 fully saturated rings. The van der Waals surface area contributed by atoms with Crippen molar-refractivity contribution in [3.05, 3.63) is 12.3 Å². The molecule has 1 heterocycles. The van der Waals surface area contributed by atoms with E-state index in [1.807, 2.05) is 0 Å². The van der Waals surface area contributed by atoms with Crippen LogP contribution in [0.25, 0.3) is 0 Å². The monoisotopic (exact) mass is 321 g/mol. The fourth-order valence-corrected chi connectivity index (χ4v) is 2.91. The van der Waals surface area contributed by atoms with Crippen molar-refractivity contribution in [3.63, 3.8) is 0 Å². The highest BCUT2D eigenvalue weighted by Crippen LogP contribution is 2.38. The molecular weight excluding hydrogens is 298 g/mol. The van der Waals surface area contributed by atoms with Crippen molar-refractivity contribution in [2.75, 3.05) is 33.1 Å². The van der Waals surface area contributed by atoms with E-state index in [0.717, 1.165) is 25.7 Å². The van der Waals surface area contributed by atoms with Gasteiger partial charge in [0.15, 0.2) is 0 Å². The van der Waals surface area contributed by atoms with E-state index in [4.69, 9.17) is 4.74 Å². The first kappa shape index (κ1) is 17.0. The standard InChI is InChI=1S/C15H23N5O3/c1-20(2)12(21)15(7-4-5-8-15)10-17-13(22)18-11-6-9-16-14(19-11)23-3/h6,9H,4-5,7-8,10H2,1-3H3,(H2,16,17,18,19,22). The highest BCUT2D eigenvalue weighted by molar-refractivity contribution is 5.89. The third kappa shape index (κ3) is 4.08. The van der Waals surface area contributed by atoms with E-state index < -0.39 is 11.4 Å². The molecule has 0 aromatic carbocycles. The summed E-state index contributed by atoms with van der Waals surface area (Å²) >= 11 is 0. The number of anilines is 1. The van der Waals surface area contributed by atoms with Crippen molar-refractivity contribution in [2.45, 2.75) is 25.7 Å². The Morgan fingerprint density at radius 2 is 2.04 bits per heavy atom. The topological polar surface area (TPSA) is 96.4 Å². The summed E-state index contributed by atoms with van der Waals surface area (Å²) in [6.45, 7) is 0.318. The minimum Gasteiger partial charge on any atom is -0.467 e. The smallest absolute Gasteiger partial charge is 0.320 e. The van der Waals surface area contributed by atoms with E-state index in [2.05, 4.69) is 20.6 Å². The van der Waals surface area contributed by atoms with Gasteiger partial charge < -0.3 is 15.0 Å². The predicted octanol–water partition coefficient (Wildman–Crippen LogP) is 1.26. The first-order valence-electron chi connectivity index (χ1n) is 7.60. The summed E-state index contributed by atoms with van der Waals surface area (Å²) in [5.41, 5.74) is -0.496. The summed E-state index contributed by atoms with van der Waals surface area (Å²) in [4.78, 5) is 34.0. The number of rotatable bonds is 5. The lowest BCUT2D eigenvalue weighted by Gasteiger charge is -2.30. The minimum atomic E-state index is -0.496. The van der Waals surface area contributed by atoms with Crippen LogP contribution in [-0.2, 0) is 4.79 Å². The van der Waals surface area contributed by atoms with Gasteiger partial charge in [-0.1, -0.05) is 12.8 Å². The maximum atomic E-state index is 12.4. The Morgan fingerprint density at radius 3 is 2.65 bits per heavy atom. The maximum absolute atomic E-state index is 12.4. The number of hydrogen-bond donors (Lipinski definition) is 2. The Labute approximate surface area is 135 Å². The highest BCUT2D eigenvalue weighted by atomic mass is 16.5. The molecule has 8 heteroatoms. The number of nitrogens with zero attached hydrogens (tertiary/aromatic N) is 3. The van der Waals surface area contributed by atoms with Gasteiger partial charge >= 0.3 is 12.0 Å². The van der Waals surface area contributed by atoms with Crippen LogP contribution < -0.4 is 15.4 Å².